The van der Waals surface area contributed by atoms with Gasteiger partial charge in [-0.2, -0.15) is 0 Å². The first-order valence-electron chi connectivity index (χ1n) is 9.17. The average Bonchev–Trinajstić information content (AvgIpc) is 3.06. The average molecular weight is 417 g/mol. The summed E-state index contributed by atoms with van der Waals surface area (Å²) in [5.41, 5.74) is 0.992. The Morgan fingerprint density at radius 1 is 1.23 bits per heavy atom. The summed E-state index contributed by atoms with van der Waals surface area (Å²) in [5, 5.41) is 22.7. The molecular formula is C20H21F2N5O3. The summed E-state index contributed by atoms with van der Waals surface area (Å²) < 4.78 is 33.6. The number of benzene rings is 2. The van der Waals surface area contributed by atoms with E-state index < -0.39 is 18.0 Å². The Morgan fingerprint density at radius 2 is 2.03 bits per heavy atom. The highest BCUT2D eigenvalue weighted by molar-refractivity contribution is 5.88. The Hall–Kier alpha value is -3.53. The monoisotopic (exact) mass is 417 g/mol. The molecule has 30 heavy (non-hydrogen) atoms. The Balaban J connectivity index is 1.47. The van der Waals surface area contributed by atoms with Crippen LogP contribution in [0.4, 0.5) is 19.4 Å². The van der Waals surface area contributed by atoms with Gasteiger partial charge in [-0.3, -0.25) is 5.32 Å². The number of ether oxygens (including phenoxy) is 1. The van der Waals surface area contributed by atoms with Crippen molar-refractivity contribution in [2.75, 3.05) is 18.5 Å². The topological polar surface area (TPSA) is 101 Å². The number of aliphatic hydroxyl groups excluding tert-OH is 1. The molecule has 2 aromatic carbocycles. The highest BCUT2D eigenvalue weighted by atomic mass is 19.1. The van der Waals surface area contributed by atoms with E-state index in [1.54, 1.807) is 31.2 Å². The van der Waals surface area contributed by atoms with Gasteiger partial charge in [-0.25, -0.2) is 18.3 Å². The first kappa shape index (κ1) is 21.2. The number of halogens is 2. The fourth-order valence-electron chi connectivity index (χ4n) is 2.58. The summed E-state index contributed by atoms with van der Waals surface area (Å²) in [6.45, 7) is 1.65. The number of hydrogen-bond donors (Lipinski definition) is 3. The second kappa shape index (κ2) is 9.79. The Labute approximate surface area is 171 Å². The molecule has 1 heterocycles. The molecule has 10 heteroatoms. The van der Waals surface area contributed by atoms with E-state index in [0.29, 0.717) is 11.3 Å². The van der Waals surface area contributed by atoms with E-state index in [9.17, 15) is 18.7 Å². The molecule has 158 valence electrons. The molecule has 0 fully saturated rings. The van der Waals surface area contributed by atoms with Crippen molar-refractivity contribution in [2.45, 2.75) is 19.6 Å². The molecule has 0 aliphatic carbocycles. The summed E-state index contributed by atoms with van der Waals surface area (Å²) in [4.78, 5) is 12.0. The van der Waals surface area contributed by atoms with Crippen LogP contribution in [0.3, 0.4) is 0 Å². The van der Waals surface area contributed by atoms with Gasteiger partial charge in [-0.15, -0.1) is 5.10 Å². The summed E-state index contributed by atoms with van der Waals surface area (Å²) in [6.07, 6.45) is -1.00. The van der Waals surface area contributed by atoms with E-state index in [0.717, 1.165) is 0 Å². The fourth-order valence-corrected chi connectivity index (χ4v) is 2.58. The molecule has 0 aliphatic heterocycles. The molecule has 8 nitrogen and oxygen atoms in total. The zero-order valence-corrected chi connectivity index (χ0v) is 16.2. The minimum absolute atomic E-state index is 0.0937. The Bertz CT molecular complexity index is 1010. The van der Waals surface area contributed by atoms with Gasteiger partial charge in [0.1, 0.15) is 30.1 Å². The molecule has 3 aromatic rings. The molecule has 2 amide bonds. The number of carbonyl (C=O) groups excluding carboxylic acids is 1. The number of rotatable bonds is 8. The van der Waals surface area contributed by atoms with E-state index in [1.165, 1.54) is 28.9 Å². The molecule has 0 bridgehead atoms. The molecule has 3 rings (SSSR count). The smallest absolute Gasteiger partial charge is 0.320 e. The lowest BCUT2D eigenvalue weighted by molar-refractivity contribution is 0.108. The van der Waals surface area contributed by atoms with E-state index in [4.69, 9.17) is 4.74 Å². The Morgan fingerprint density at radius 3 is 2.80 bits per heavy atom. The van der Waals surface area contributed by atoms with Crippen molar-refractivity contribution in [1.82, 2.24) is 20.3 Å². The highest BCUT2D eigenvalue weighted by Gasteiger charge is 2.14. The molecule has 0 saturated carbocycles. The first-order valence-corrected chi connectivity index (χ1v) is 9.17. The number of carbonyl (C=O) groups is 1. The number of hydrogen-bond acceptors (Lipinski definition) is 5. The van der Waals surface area contributed by atoms with E-state index in [2.05, 4.69) is 20.9 Å². The third-order valence-corrected chi connectivity index (χ3v) is 4.23. The van der Waals surface area contributed by atoms with Gasteiger partial charge in [0.15, 0.2) is 5.82 Å². The fraction of sp³-hybridized carbons (Fsp3) is 0.250. The Kier molecular flexibility index (Phi) is 6.91. The van der Waals surface area contributed by atoms with E-state index in [1.807, 2.05) is 0 Å². The van der Waals surface area contributed by atoms with Crippen molar-refractivity contribution in [3.8, 4) is 5.75 Å². The SMILES string of the molecule is Cc1c(NC(=O)NCC(O)COc2cccc(F)c2)nnn1Cc1ccccc1F. The summed E-state index contributed by atoms with van der Waals surface area (Å²) in [6, 6.07) is 11.3. The van der Waals surface area contributed by atoms with E-state index in [-0.39, 0.29) is 37.1 Å². The number of aliphatic hydroxyl groups is 1. The molecule has 0 saturated heterocycles. The zero-order valence-electron chi connectivity index (χ0n) is 16.2. The lowest BCUT2D eigenvalue weighted by Gasteiger charge is -2.13. The number of nitrogens with zero attached hydrogens (tertiary/aromatic N) is 3. The maximum Gasteiger partial charge on any atom is 0.320 e. The largest absolute Gasteiger partial charge is 0.491 e. The van der Waals surface area contributed by atoms with Crippen LogP contribution in [0.5, 0.6) is 5.75 Å². The molecule has 1 aromatic heterocycles. The molecule has 0 radical (unpaired) electrons. The maximum atomic E-state index is 13.8. The third kappa shape index (κ3) is 5.74. The molecule has 3 N–H and O–H groups in total. The summed E-state index contributed by atoms with van der Waals surface area (Å²) >= 11 is 0. The maximum absolute atomic E-state index is 13.8. The number of amides is 2. The van der Waals surface area contributed by atoms with Crippen LogP contribution < -0.4 is 15.4 Å². The summed E-state index contributed by atoms with van der Waals surface area (Å²) in [5.74, 6) is -0.304. The van der Waals surface area contributed by atoms with Crippen LogP contribution in [-0.4, -0.2) is 45.4 Å². The lowest BCUT2D eigenvalue weighted by atomic mass is 10.2. The van der Waals surface area contributed by atoms with Gasteiger partial charge >= 0.3 is 6.03 Å². The standard InChI is InChI=1S/C20H21F2N5O3/c1-13-19(25-26-27(13)11-14-5-2-3-8-18(14)22)24-20(29)23-10-16(28)12-30-17-7-4-6-15(21)9-17/h2-9,16,28H,10-12H2,1H3,(H2,23,24,29). The molecule has 1 atom stereocenters. The number of nitrogens with one attached hydrogen (secondary N) is 2. The van der Waals surface area contributed by atoms with Crippen LogP contribution in [0.15, 0.2) is 48.5 Å². The van der Waals surface area contributed by atoms with Gasteiger partial charge in [0.25, 0.3) is 0 Å². The summed E-state index contributed by atoms with van der Waals surface area (Å²) in [7, 11) is 0. The predicted molar refractivity (Wildman–Crippen MR) is 105 cm³/mol. The van der Waals surface area contributed by atoms with Gasteiger partial charge in [0, 0.05) is 18.2 Å². The van der Waals surface area contributed by atoms with Crippen LogP contribution in [-0.2, 0) is 6.54 Å². The lowest BCUT2D eigenvalue weighted by Crippen LogP contribution is -2.37. The van der Waals surface area contributed by atoms with Gasteiger partial charge in [-0.1, -0.05) is 29.5 Å². The van der Waals surface area contributed by atoms with Crippen LogP contribution >= 0.6 is 0 Å². The molecule has 0 spiro atoms. The molecule has 1 unspecified atom stereocenters. The molecule has 0 aliphatic rings. The van der Waals surface area contributed by atoms with Gasteiger partial charge < -0.3 is 15.2 Å². The van der Waals surface area contributed by atoms with Crippen LogP contribution in [0.1, 0.15) is 11.3 Å². The van der Waals surface area contributed by atoms with Crippen molar-refractivity contribution in [2.24, 2.45) is 0 Å². The van der Waals surface area contributed by atoms with Crippen molar-refractivity contribution in [1.29, 1.82) is 0 Å². The second-order valence-electron chi connectivity index (χ2n) is 6.53. The van der Waals surface area contributed by atoms with Crippen molar-refractivity contribution in [3.05, 3.63) is 71.4 Å². The van der Waals surface area contributed by atoms with Gasteiger partial charge in [0.05, 0.1) is 12.2 Å². The van der Waals surface area contributed by atoms with E-state index >= 15 is 0 Å². The highest BCUT2D eigenvalue weighted by Crippen LogP contribution is 2.14. The second-order valence-corrected chi connectivity index (χ2v) is 6.53. The zero-order chi connectivity index (χ0) is 21.5. The number of aromatic nitrogens is 3. The third-order valence-electron chi connectivity index (χ3n) is 4.23. The normalized spacial score (nSPS) is 11.7. The minimum atomic E-state index is -1.00. The first-order chi connectivity index (χ1) is 14.4. The number of anilines is 1. The van der Waals surface area contributed by atoms with Gasteiger partial charge in [0.2, 0.25) is 0 Å². The van der Waals surface area contributed by atoms with Crippen LogP contribution in [0.25, 0.3) is 0 Å². The quantitative estimate of drug-likeness (QED) is 0.523. The predicted octanol–water partition coefficient (Wildman–Crippen LogP) is 2.47. The van der Waals surface area contributed by atoms with Crippen molar-refractivity contribution >= 4 is 11.8 Å². The minimum Gasteiger partial charge on any atom is -0.491 e. The van der Waals surface area contributed by atoms with Crippen molar-refractivity contribution in [3.63, 3.8) is 0 Å². The van der Waals surface area contributed by atoms with Crippen molar-refractivity contribution < 1.29 is 23.4 Å². The van der Waals surface area contributed by atoms with Crippen LogP contribution in [0.2, 0.25) is 0 Å². The number of urea groups is 1. The van der Waals surface area contributed by atoms with Crippen LogP contribution in [0, 0.1) is 18.6 Å². The molecular weight excluding hydrogens is 396 g/mol. The van der Waals surface area contributed by atoms with Gasteiger partial charge in [-0.05, 0) is 25.1 Å².